The fourth-order valence-electron chi connectivity index (χ4n) is 3.84. The van der Waals surface area contributed by atoms with Gasteiger partial charge < -0.3 is 4.74 Å². The maximum atomic E-state index is 11.6. The molecule has 0 saturated heterocycles. The predicted molar refractivity (Wildman–Crippen MR) is 95.7 cm³/mol. The van der Waals surface area contributed by atoms with Crippen LogP contribution in [0.4, 0.5) is 0 Å². The molecule has 0 aliphatic heterocycles. The van der Waals surface area contributed by atoms with Gasteiger partial charge in [0.1, 0.15) is 0 Å². The number of benzene rings is 1. The van der Waals surface area contributed by atoms with E-state index < -0.39 is 0 Å². The lowest BCUT2D eigenvalue weighted by Crippen LogP contribution is -2.14. The molecule has 0 amide bonds. The fourth-order valence-corrected chi connectivity index (χ4v) is 3.84. The molecule has 0 heterocycles. The van der Waals surface area contributed by atoms with Gasteiger partial charge in [0.2, 0.25) is 0 Å². The number of unbranched alkanes of at least 4 members (excludes halogenated alkanes) is 2. The van der Waals surface area contributed by atoms with E-state index in [0.717, 1.165) is 11.5 Å². The summed E-state index contributed by atoms with van der Waals surface area (Å²) in [5.41, 5.74) is 2.49. The molecule has 1 aliphatic rings. The van der Waals surface area contributed by atoms with Crippen LogP contribution in [0.15, 0.2) is 24.3 Å². The van der Waals surface area contributed by atoms with Crippen LogP contribution in [0.2, 0.25) is 0 Å². The van der Waals surface area contributed by atoms with E-state index in [-0.39, 0.29) is 11.9 Å². The van der Waals surface area contributed by atoms with Crippen molar-refractivity contribution in [1.82, 2.24) is 0 Å². The Balaban J connectivity index is 1.85. The summed E-state index contributed by atoms with van der Waals surface area (Å²) in [6.07, 6.45) is 11.0. The number of esters is 1. The predicted octanol–water partition coefficient (Wildman–Crippen LogP) is 5.82. The zero-order valence-electron chi connectivity index (χ0n) is 15.0. The minimum atomic E-state index is -0.177. The van der Waals surface area contributed by atoms with Gasteiger partial charge in [-0.2, -0.15) is 0 Å². The van der Waals surface area contributed by atoms with Gasteiger partial charge in [-0.3, -0.25) is 4.79 Å². The van der Waals surface area contributed by atoms with E-state index in [9.17, 15) is 4.79 Å². The van der Waals surface area contributed by atoms with Crippen molar-refractivity contribution >= 4 is 5.97 Å². The summed E-state index contributed by atoms with van der Waals surface area (Å²) in [5.74, 6) is 1.32. The van der Waals surface area contributed by atoms with Gasteiger partial charge in [-0.1, -0.05) is 56.9 Å². The van der Waals surface area contributed by atoms with E-state index in [4.69, 9.17) is 4.74 Å². The van der Waals surface area contributed by atoms with Crippen molar-refractivity contribution in [3.05, 3.63) is 35.4 Å². The fraction of sp³-hybridized carbons (Fsp3) is 0.667. The van der Waals surface area contributed by atoms with Gasteiger partial charge >= 0.3 is 5.97 Å². The summed E-state index contributed by atoms with van der Waals surface area (Å²) >= 11 is 0. The van der Waals surface area contributed by atoms with E-state index in [0.29, 0.717) is 5.92 Å². The molecular weight excluding hydrogens is 284 g/mol. The third kappa shape index (κ3) is 5.09. The summed E-state index contributed by atoms with van der Waals surface area (Å²) < 4.78 is 4.83. The van der Waals surface area contributed by atoms with Gasteiger partial charge in [0.15, 0.2) is 0 Å². The Bertz CT molecular complexity index is 469. The number of hydrogen-bond acceptors (Lipinski definition) is 2. The molecule has 1 unspecified atom stereocenters. The zero-order chi connectivity index (χ0) is 16.7. The number of hydrogen-bond donors (Lipinski definition) is 0. The lowest BCUT2D eigenvalue weighted by atomic mass is 9.77. The van der Waals surface area contributed by atoms with Gasteiger partial charge in [0.05, 0.1) is 13.0 Å². The molecule has 1 fully saturated rings. The first-order chi connectivity index (χ1) is 11.2. The van der Waals surface area contributed by atoms with E-state index >= 15 is 0 Å². The Hall–Kier alpha value is -1.31. The molecule has 0 radical (unpaired) electrons. The summed E-state index contributed by atoms with van der Waals surface area (Å²) in [6, 6.07) is 8.64. The molecule has 0 aromatic heterocycles. The molecular formula is C21H32O2. The van der Waals surface area contributed by atoms with Crippen LogP contribution in [0.25, 0.3) is 0 Å². The first kappa shape index (κ1) is 18.0. The van der Waals surface area contributed by atoms with Crippen molar-refractivity contribution in [2.45, 2.75) is 77.0 Å². The first-order valence-corrected chi connectivity index (χ1v) is 9.33. The third-order valence-electron chi connectivity index (χ3n) is 5.53. The molecule has 1 saturated carbocycles. The van der Waals surface area contributed by atoms with Gasteiger partial charge in [0.25, 0.3) is 0 Å². The number of rotatable bonds is 7. The SMILES string of the molecule is CCCCC[C@H]1CC[C@H](c2ccc(C(C)C(=O)OC)cc2)CC1. The average Bonchev–Trinajstić information content (AvgIpc) is 2.61. The van der Waals surface area contributed by atoms with Crippen molar-refractivity contribution in [2.75, 3.05) is 7.11 Å². The lowest BCUT2D eigenvalue weighted by Gasteiger charge is -2.29. The molecule has 1 aromatic carbocycles. The minimum absolute atomic E-state index is 0.162. The minimum Gasteiger partial charge on any atom is -0.469 e. The summed E-state index contributed by atoms with van der Waals surface area (Å²) in [7, 11) is 1.45. The third-order valence-corrected chi connectivity index (χ3v) is 5.53. The van der Waals surface area contributed by atoms with Crippen molar-refractivity contribution in [2.24, 2.45) is 5.92 Å². The topological polar surface area (TPSA) is 26.3 Å². The first-order valence-electron chi connectivity index (χ1n) is 9.33. The second-order valence-electron chi connectivity index (χ2n) is 7.12. The highest BCUT2D eigenvalue weighted by Crippen LogP contribution is 2.38. The maximum absolute atomic E-state index is 11.6. The van der Waals surface area contributed by atoms with Crippen LogP contribution < -0.4 is 0 Å². The van der Waals surface area contributed by atoms with Crippen molar-refractivity contribution in [3.8, 4) is 0 Å². The quantitative estimate of drug-likeness (QED) is 0.468. The van der Waals surface area contributed by atoms with Crippen LogP contribution in [0.1, 0.15) is 88.2 Å². The van der Waals surface area contributed by atoms with Crippen LogP contribution in [0, 0.1) is 5.92 Å². The Morgan fingerprint density at radius 3 is 2.35 bits per heavy atom. The molecule has 2 nitrogen and oxygen atoms in total. The van der Waals surface area contributed by atoms with Crippen LogP contribution in [-0.2, 0) is 9.53 Å². The Labute approximate surface area is 141 Å². The molecule has 2 heteroatoms. The van der Waals surface area contributed by atoms with E-state index in [1.807, 2.05) is 6.92 Å². The van der Waals surface area contributed by atoms with Crippen molar-refractivity contribution in [1.29, 1.82) is 0 Å². The second kappa shape index (κ2) is 9.10. The monoisotopic (exact) mass is 316 g/mol. The molecule has 1 aliphatic carbocycles. The van der Waals surface area contributed by atoms with E-state index in [1.165, 1.54) is 64.0 Å². The van der Waals surface area contributed by atoms with Crippen LogP contribution in [0.5, 0.6) is 0 Å². The van der Waals surface area contributed by atoms with Gasteiger partial charge in [-0.25, -0.2) is 0 Å². The molecule has 128 valence electrons. The lowest BCUT2D eigenvalue weighted by molar-refractivity contribution is -0.141. The summed E-state index contributed by atoms with van der Waals surface area (Å²) in [6.45, 7) is 4.18. The smallest absolute Gasteiger partial charge is 0.312 e. The standard InChI is InChI=1S/C21H32O2/c1-4-5-6-7-17-8-10-19(11-9-17)20-14-12-18(13-15-20)16(2)21(22)23-3/h12-17,19H,4-11H2,1-3H3/t16?,17-,19-. The molecule has 1 atom stereocenters. The normalized spacial score (nSPS) is 22.6. The molecule has 0 N–H and O–H groups in total. The average molecular weight is 316 g/mol. The van der Waals surface area contributed by atoms with Crippen LogP contribution in [0.3, 0.4) is 0 Å². The zero-order valence-corrected chi connectivity index (χ0v) is 15.0. The summed E-state index contributed by atoms with van der Waals surface area (Å²) in [5, 5.41) is 0. The Kier molecular flexibility index (Phi) is 7.14. The van der Waals surface area contributed by atoms with Crippen LogP contribution >= 0.6 is 0 Å². The van der Waals surface area contributed by atoms with Gasteiger partial charge in [-0.15, -0.1) is 0 Å². The summed E-state index contributed by atoms with van der Waals surface area (Å²) in [4.78, 5) is 11.6. The number of carbonyl (C=O) groups excluding carboxylic acids is 1. The Morgan fingerprint density at radius 2 is 1.78 bits per heavy atom. The number of ether oxygens (including phenoxy) is 1. The molecule has 1 aromatic rings. The van der Waals surface area contributed by atoms with E-state index in [1.54, 1.807) is 0 Å². The highest BCUT2D eigenvalue weighted by molar-refractivity contribution is 5.77. The van der Waals surface area contributed by atoms with Crippen molar-refractivity contribution < 1.29 is 9.53 Å². The largest absolute Gasteiger partial charge is 0.469 e. The highest BCUT2D eigenvalue weighted by atomic mass is 16.5. The Morgan fingerprint density at radius 1 is 1.13 bits per heavy atom. The molecule has 0 spiro atoms. The molecule has 2 rings (SSSR count). The number of carbonyl (C=O) groups is 1. The van der Waals surface area contributed by atoms with E-state index in [2.05, 4.69) is 31.2 Å². The molecule has 0 bridgehead atoms. The van der Waals surface area contributed by atoms with Gasteiger partial charge in [0, 0.05) is 0 Å². The molecule has 23 heavy (non-hydrogen) atoms. The maximum Gasteiger partial charge on any atom is 0.312 e. The van der Waals surface area contributed by atoms with Gasteiger partial charge in [-0.05, 0) is 55.6 Å². The van der Waals surface area contributed by atoms with Crippen molar-refractivity contribution in [3.63, 3.8) is 0 Å². The van der Waals surface area contributed by atoms with Crippen LogP contribution in [-0.4, -0.2) is 13.1 Å². The highest BCUT2D eigenvalue weighted by Gasteiger charge is 2.22. The second-order valence-corrected chi connectivity index (χ2v) is 7.12. The number of methoxy groups -OCH3 is 1.